The summed E-state index contributed by atoms with van der Waals surface area (Å²) < 4.78 is 0.637. The molecule has 0 amide bonds. The van der Waals surface area contributed by atoms with E-state index in [0.29, 0.717) is 10.0 Å². The van der Waals surface area contributed by atoms with Gasteiger partial charge in [0.15, 0.2) is 0 Å². The summed E-state index contributed by atoms with van der Waals surface area (Å²) in [6.07, 6.45) is 1.54. The van der Waals surface area contributed by atoms with Gasteiger partial charge in [-0.2, -0.15) is 0 Å². The van der Waals surface area contributed by atoms with E-state index in [4.69, 9.17) is 0 Å². The average molecular weight is 246 g/mol. The van der Waals surface area contributed by atoms with Crippen molar-refractivity contribution in [2.75, 3.05) is 12.4 Å². The molecular formula is C7H8BrN3O2. The zero-order chi connectivity index (χ0) is 10.0. The number of rotatable bonds is 2. The molecule has 0 saturated carbocycles. The van der Waals surface area contributed by atoms with Crippen LogP contribution in [-0.4, -0.2) is 17.0 Å². The Morgan fingerprint density at radius 1 is 1.69 bits per heavy atom. The number of aromatic nitrogens is 1. The van der Waals surface area contributed by atoms with Crippen LogP contribution in [0.2, 0.25) is 0 Å². The molecule has 13 heavy (non-hydrogen) atoms. The fraction of sp³-hybridized carbons (Fsp3) is 0.286. The van der Waals surface area contributed by atoms with Crippen LogP contribution in [0.3, 0.4) is 0 Å². The monoisotopic (exact) mass is 245 g/mol. The Bertz CT molecular complexity index is 354. The van der Waals surface area contributed by atoms with Crippen LogP contribution in [0.1, 0.15) is 5.56 Å². The van der Waals surface area contributed by atoms with Gasteiger partial charge in [-0.25, -0.2) is 4.98 Å². The maximum absolute atomic E-state index is 10.7. The van der Waals surface area contributed by atoms with Crippen molar-refractivity contribution in [3.63, 3.8) is 0 Å². The fourth-order valence-electron chi connectivity index (χ4n) is 0.976. The molecule has 0 aromatic carbocycles. The van der Waals surface area contributed by atoms with Crippen LogP contribution in [0, 0.1) is 17.0 Å². The Balaban J connectivity index is 3.41. The first-order valence-electron chi connectivity index (χ1n) is 3.55. The standard InChI is InChI=1S/C7H8BrN3O2/c1-4-5(8)3-10-7(9-2)6(4)11(12)13/h3H,1-2H3,(H,9,10). The minimum Gasteiger partial charge on any atom is -0.367 e. The highest BCUT2D eigenvalue weighted by molar-refractivity contribution is 9.10. The number of hydrogen-bond donors (Lipinski definition) is 1. The largest absolute Gasteiger partial charge is 0.367 e. The number of halogens is 1. The lowest BCUT2D eigenvalue weighted by Crippen LogP contribution is -2.01. The highest BCUT2D eigenvalue weighted by atomic mass is 79.9. The SMILES string of the molecule is CNc1ncc(Br)c(C)c1[N+](=O)[O-]. The fourth-order valence-corrected chi connectivity index (χ4v) is 1.27. The second-order valence-corrected chi connectivity index (χ2v) is 3.29. The van der Waals surface area contributed by atoms with Crippen molar-refractivity contribution in [3.8, 4) is 0 Å². The van der Waals surface area contributed by atoms with E-state index >= 15 is 0 Å². The summed E-state index contributed by atoms with van der Waals surface area (Å²) in [5.41, 5.74) is 0.584. The van der Waals surface area contributed by atoms with Gasteiger partial charge in [0.2, 0.25) is 5.82 Å². The number of pyridine rings is 1. The highest BCUT2D eigenvalue weighted by Gasteiger charge is 2.19. The van der Waals surface area contributed by atoms with E-state index in [1.54, 1.807) is 14.0 Å². The molecule has 1 N–H and O–H groups in total. The second kappa shape index (κ2) is 3.69. The Morgan fingerprint density at radius 3 is 2.77 bits per heavy atom. The van der Waals surface area contributed by atoms with Gasteiger partial charge < -0.3 is 5.32 Å². The molecule has 0 saturated heterocycles. The molecule has 0 aliphatic heterocycles. The summed E-state index contributed by atoms with van der Waals surface area (Å²) in [7, 11) is 1.60. The molecule has 0 radical (unpaired) electrons. The molecule has 70 valence electrons. The first-order chi connectivity index (χ1) is 6.07. The maximum atomic E-state index is 10.7. The third-order valence-electron chi connectivity index (χ3n) is 1.66. The van der Waals surface area contributed by atoms with Gasteiger partial charge in [-0.1, -0.05) is 0 Å². The van der Waals surface area contributed by atoms with Crippen molar-refractivity contribution in [1.82, 2.24) is 4.98 Å². The van der Waals surface area contributed by atoms with Gasteiger partial charge in [-0.3, -0.25) is 10.1 Å². The summed E-state index contributed by atoms with van der Waals surface area (Å²) in [5, 5.41) is 13.3. The molecule has 1 heterocycles. The quantitative estimate of drug-likeness (QED) is 0.640. The highest BCUT2D eigenvalue weighted by Crippen LogP contribution is 2.30. The van der Waals surface area contributed by atoms with Crippen LogP contribution in [0.25, 0.3) is 0 Å². The van der Waals surface area contributed by atoms with Crippen molar-refractivity contribution < 1.29 is 4.92 Å². The third kappa shape index (κ3) is 1.77. The number of hydrogen-bond acceptors (Lipinski definition) is 4. The molecule has 0 atom stereocenters. The molecule has 1 rings (SSSR count). The molecule has 0 fully saturated rings. The molecule has 6 heteroatoms. The lowest BCUT2D eigenvalue weighted by atomic mass is 10.2. The van der Waals surface area contributed by atoms with E-state index < -0.39 is 4.92 Å². The Labute approximate surface area is 83.5 Å². The van der Waals surface area contributed by atoms with Crippen molar-refractivity contribution in [2.45, 2.75) is 6.92 Å². The van der Waals surface area contributed by atoms with Gasteiger partial charge in [0, 0.05) is 23.3 Å². The molecule has 0 bridgehead atoms. The number of nitro groups is 1. The van der Waals surface area contributed by atoms with Crippen LogP contribution in [-0.2, 0) is 0 Å². The van der Waals surface area contributed by atoms with Crippen LogP contribution < -0.4 is 5.32 Å². The first kappa shape index (κ1) is 9.91. The maximum Gasteiger partial charge on any atom is 0.315 e. The zero-order valence-electron chi connectivity index (χ0n) is 7.17. The normalized spacial score (nSPS) is 9.77. The lowest BCUT2D eigenvalue weighted by Gasteiger charge is -2.04. The third-order valence-corrected chi connectivity index (χ3v) is 2.46. The minimum absolute atomic E-state index is 0.0110. The second-order valence-electron chi connectivity index (χ2n) is 2.44. The van der Waals surface area contributed by atoms with E-state index in [0.717, 1.165) is 0 Å². The smallest absolute Gasteiger partial charge is 0.315 e. The van der Waals surface area contributed by atoms with Crippen molar-refractivity contribution in [1.29, 1.82) is 0 Å². The molecule has 0 spiro atoms. The predicted molar refractivity (Wildman–Crippen MR) is 52.9 cm³/mol. The molecule has 0 unspecified atom stereocenters. The van der Waals surface area contributed by atoms with E-state index in [9.17, 15) is 10.1 Å². The predicted octanol–water partition coefficient (Wildman–Crippen LogP) is 2.10. The molecule has 1 aromatic rings. The van der Waals surface area contributed by atoms with Crippen LogP contribution in [0.15, 0.2) is 10.7 Å². The number of nitrogens with one attached hydrogen (secondary N) is 1. The molecule has 0 aliphatic rings. The Morgan fingerprint density at radius 2 is 2.31 bits per heavy atom. The van der Waals surface area contributed by atoms with Crippen molar-refractivity contribution in [2.24, 2.45) is 0 Å². The van der Waals surface area contributed by atoms with Gasteiger partial charge in [0.1, 0.15) is 0 Å². The topological polar surface area (TPSA) is 68.1 Å². The van der Waals surface area contributed by atoms with Gasteiger partial charge in [-0.15, -0.1) is 0 Å². The molecule has 0 aliphatic carbocycles. The van der Waals surface area contributed by atoms with E-state index in [1.807, 2.05) is 0 Å². The minimum atomic E-state index is -0.446. The van der Waals surface area contributed by atoms with Gasteiger partial charge >= 0.3 is 5.69 Å². The Hall–Kier alpha value is -1.17. The summed E-state index contributed by atoms with van der Waals surface area (Å²) in [5.74, 6) is 0.283. The zero-order valence-corrected chi connectivity index (χ0v) is 8.75. The summed E-state index contributed by atoms with van der Waals surface area (Å²) in [6, 6.07) is 0. The molecule has 1 aromatic heterocycles. The number of nitrogens with zero attached hydrogens (tertiary/aromatic N) is 2. The van der Waals surface area contributed by atoms with E-state index in [1.165, 1.54) is 6.20 Å². The van der Waals surface area contributed by atoms with Gasteiger partial charge in [-0.05, 0) is 22.9 Å². The van der Waals surface area contributed by atoms with Crippen LogP contribution in [0.4, 0.5) is 11.5 Å². The first-order valence-corrected chi connectivity index (χ1v) is 4.34. The van der Waals surface area contributed by atoms with E-state index in [-0.39, 0.29) is 11.5 Å². The van der Waals surface area contributed by atoms with Gasteiger partial charge in [0.25, 0.3) is 0 Å². The summed E-state index contributed by atoms with van der Waals surface area (Å²) >= 11 is 3.18. The van der Waals surface area contributed by atoms with Crippen LogP contribution in [0.5, 0.6) is 0 Å². The van der Waals surface area contributed by atoms with E-state index in [2.05, 4.69) is 26.2 Å². The van der Waals surface area contributed by atoms with Crippen LogP contribution >= 0.6 is 15.9 Å². The molecular weight excluding hydrogens is 238 g/mol. The summed E-state index contributed by atoms with van der Waals surface area (Å²) in [4.78, 5) is 14.1. The van der Waals surface area contributed by atoms with Crippen molar-refractivity contribution >= 4 is 27.4 Å². The summed E-state index contributed by atoms with van der Waals surface area (Å²) in [6.45, 7) is 1.67. The van der Waals surface area contributed by atoms with Gasteiger partial charge in [0.05, 0.1) is 4.92 Å². The Kier molecular flexibility index (Phi) is 2.82. The molecule has 5 nitrogen and oxygen atoms in total. The number of anilines is 1. The average Bonchev–Trinajstić information content (AvgIpc) is 2.08. The lowest BCUT2D eigenvalue weighted by molar-refractivity contribution is -0.384. The van der Waals surface area contributed by atoms with Crippen molar-refractivity contribution in [3.05, 3.63) is 26.3 Å².